The van der Waals surface area contributed by atoms with E-state index >= 15 is 0 Å². The molecule has 0 spiro atoms. The third kappa shape index (κ3) is 2.25. The molecule has 0 aliphatic heterocycles. The number of rotatable bonds is 2. The monoisotopic (exact) mass is 192 g/mol. The summed E-state index contributed by atoms with van der Waals surface area (Å²) in [6, 6.07) is 0. The van der Waals surface area contributed by atoms with Crippen molar-refractivity contribution in [3.8, 4) is 0 Å². The van der Waals surface area contributed by atoms with Crippen LogP contribution in [0.15, 0.2) is 24.3 Å². The zero-order chi connectivity index (χ0) is 9.80. The van der Waals surface area contributed by atoms with E-state index in [1.165, 1.54) is 19.3 Å². The summed E-state index contributed by atoms with van der Waals surface area (Å²) in [4.78, 5) is 11.6. The van der Waals surface area contributed by atoms with E-state index in [9.17, 15) is 4.79 Å². The molecule has 1 fully saturated rings. The topological polar surface area (TPSA) is 26.3 Å². The molecule has 0 N–H and O–H groups in total. The van der Waals surface area contributed by atoms with Gasteiger partial charge in [0.25, 0.3) is 0 Å². The Morgan fingerprint density at radius 3 is 2.36 bits per heavy atom. The van der Waals surface area contributed by atoms with Crippen molar-refractivity contribution in [2.75, 3.05) is 0 Å². The fourth-order valence-electron chi connectivity index (χ4n) is 2.01. The molecule has 0 aromatic heterocycles. The van der Waals surface area contributed by atoms with E-state index in [1.54, 1.807) is 0 Å². The quantitative estimate of drug-likeness (QED) is 0.629. The second-order valence-electron chi connectivity index (χ2n) is 3.99. The Bertz CT molecular complexity index is 247. The highest BCUT2D eigenvalue weighted by Crippen LogP contribution is 2.22. The van der Waals surface area contributed by atoms with E-state index < -0.39 is 0 Å². The first kappa shape index (κ1) is 9.50. The van der Waals surface area contributed by atoms with Crippen molar-refractivity contribution in [3.05, 3.63) is 24.3 Å². The van der Waals surface area contributed by atoms with E-state index in [0.717, 1.165) is 12.8 Å². The molecule has 2 aliphatic rings. The van der Waals surface area contributed by atoms with Gasteiger partial charge in [0.2, 0.25) is 0 Å². The molecule has 0 unspecified atom stereocenters. The standard InChI is InChI=1S/C12H16O2/c13-12(10-6-4-5-7-10)14-11-8-2-1-3-9-11/h4-7,10-11H,1-3,8-9H2. The number of ether oxygens (including phenoxy) is 1. The Morgan fingerprint density at radius 1 is 1.07 bits per heavy atom. The maximum Gasteiger partial charge on any atom is 0.316 e. The molecule has 0 bridgehead atoms. The number of carbonyl (C=O) groups excluding carboxylic acids is 1. The van der Waals surface area contributed by atoms with E-state index in [2.05, 4.69) is 0 Å². The summed E-state index contributed by atoms with van der Waals surface area (Å²) in [5.74, 6) is -0.209. The molecule has 2 nitrogen and oxygen atoms in total. The van der Waals surface area contributed by atoms with Crippen molar-refractivity contribution in [3.63, 3.8) is 0 Å². The number of hydrogen-bond acceptors (Lipinski definition) is 2. The van der Waals surface area contributed by atoms with Crippen LogP contribution in [0.4, 0.5) is 0 Å². The van der Waals surface area contributed by atoms with Crippen LogP contribution in [0.5, 0.6) is 0 Å². The summed E-state index contributed by atoms with van der Waals surface area (Å²) in [5, 5.41) is 0. The third-order valence-electron chi connectivity index (χ3n) is 2.86. The first-order chi connectivity index (χ1) is 6.86. The molecule has 0 atom stereocenters. The van der Waals surface area contributed by atoms with E-state index in [-0.39, 0.29) is 18.0 Å². The lowest BCUT2D eigenvalue weighted by Crippen LogP contribution is -2.24. The average Bonchev–Trinajstić information content (AvgIpc) is 2.72. The van der Waals surface area contributed by atoms with Crippen molar-refractivity contribution in [2.24, 2.45) is 5.92 Å². The van der Waals surface area contributed by atoms with Gasteiger partial charge >= 0.3 is 5.97 Å². The number of carbonyl (C=O) groups is 1. The zero-order valence-corrected chi connectivity index (χ0v) is 8.32. The smallest absolute Gasteiger partial charge is 0.316 e. The Morgan fingerprint density at radius 2 is 1.71 bits per heavy atom. The molecule has 0 aromatic carbocycles. The second kappa shape index (κ2) is 4.45. The predicted molar refractivity (Wildman–Crippen MR) is 54.7 cm³/mol. The summed E-state index contributed by atoms with van der Waals surface area (Å²) in [7, 11) is 0. The fourth-order valence-corrected chi connectivity index (χ4v) is 2.01. The van der Waals surface area contributed by atoms with E-state index in [4.69, 9.17) is 4.74 Å². The van der Waals surface area contributed by atoms with Gasteiger partial charge in [0.1, 0.15) is 6.10 Å². The largest absolute Gasteiger partial charge is 0.462 e. The summed E-state index contributed by atoms with van der Waals surface area (Å²) in [5.41, 5.74) is 0. The van der Waals surface area contributed by atoms with Gasteiger partial charge in [0.05, 0.1) is 5.92 Å². The normalized spacial score (nSPS) is 22.9. The number of allylic oxidation sites excluding steroid dienone is 2. The van der Waals surface area contributed by atoms with Crippen molar-refractivity contribution in [1.82, 2.24) is 0 Å². The van der Waals surface area contributed by atoms with Gasteiger partial charge < -0.3 is 4.74 Å². The first-order valence-corrected chi connectivity index (χ1v) is 5.42. The Balaban J connectivity index is 1.81. The summed E-state index contributed by atoms with van der Waals surface area (Å²) in [6.45, 7) is 0. The van der Waals surface area contributed by atoms with Gasteiger partial charge in [-0.3, -0.25) is 4.79 Å². The number of esters is 1. The molecule has 1 saturated carbocycles. The molecule has 0 radical (unpaired) electrons. The highest BCUT2D eigenvalue weighted by atomic mass is 16.5. The van der Waals surface area contributed by atoms with Crippen LogP contribution in [0.1, 0.15) is 32.1 Å². The fraction of sp³-hybridized carbons (Fsp3) is 0.583. The molecule has 0 heterocycles. The molecule has 2 aliphatic carbocycles. The molecule has 76 valence electrons. The molecule has 0 aromatic rings. The van der Waals surface area contributed by atoms with Crippen LogP contribution in [-0.2, 0) is 9.53 Å². The average molecular weight is 192 g/mol. The first-order valence-electron chi connectivity index (χ1n) is 5.42. The van der Waals surface area contributed by atoms with Crippen LogP contribution in [0, 0.1) is 5.92 Å². The van der Waals surface area contributed by atoms with Crippen LogP contribution >= 0.6 is 0 Å². The maximum absolute atomic E-state index is 11.6. The molecule has 0 amide bonds. The molecular weight excluding hydrogens is 176 g/mol. The van der Waals surface area contributed by atoms with Gasteiger partial charge in [-0.2, -0.15) is 0 Å². The van der Waals surface area contributed by atoms with Crippen LogP contribution in [0.3, 0.4) is 0 Å². The van der Waals surface area contributed by atoms with E-state index in [0.29, 0.717) is 0 Å². The maximum atomic E-state index is 11.6. The second-order valence-corrected chi connectivity index (χ2v) is 3.99. The van der Waals surface area contributed by atoms with Gasteiger partial charge in [-0.05, 0) is 25.7 Å². The van der Waals surface area contributed by atoms with Crippen LogP contribution < -0.4 is 0 Å². The Hall–Kier alpha value is -1.05. The molecule has 2 heteroatoms. The highest BCUT2D eigenvalue weighted by molar-refractivity contribution is 5.77. The third-order valence-corrected chi connectivity index (χ3v) is 2.86. The summed E-state index contributed by atoms with van der Waals surface area (Å²) >= 11 is 0. The Labute approximate surface area is 84.6 Å². The number of hydrogen-bond donors (Lipinski definition) is 0. The zero-order valence-electron chi connectivity index (χ0n) is 8.32. The molecule has 0 saturated heterocycles. The van der Waals surface area contributed by atoms with Gasteiger partial charge in [-0.25, -0.2) is 0 Å². The Kier molecular flexibility index (Phi) is 3.02. The van der Waals surface area contributed by atoms with Crippen molar-refractivity contribution in [2.45, 2.75) is 38.2 Å². The minimum absolute atomic E-state index is 0.0816. The SMILES string of the molecule is O=C(OC1CCCCC1)C1C=CC=C1. The summed E-state index contributed by atoms with van der Waals surface area (Å²) in [6.07, 6.45) is 13.5. The van der Waals surface area contributed by atoms with Gasteiger partial charge in [0.15, 0.2) is 0 Å². The predicted octanol–water partition coefficient (Wildman–Crippen LogP) is 2.60. The minimum atomic E-state index is -0.128. The highest BCUT2D eigenvalue weighted by Gasteiger charge is 2.22. The van der Waals surface area contributed by atoms with Gasteiger partial charge in [-0.1, -0.05) is 30.7 Å². The van der Waals surface area contributed by atoms with E-state index in [1.807, 2.05) is 24.3 Å². The molecular formula is C12H16O2. The van der Waals surface area contributed by atoms with Crippen molar-refractivity contribution < 1.29 is 9.53 Å². The van der Waals surface area contributed by atoms with Crippen LogP contribution in [-0.4, -0.2) is 12.1 Å². The minimum Gasteiger partial charge on any atom is -0.462 e. The van der Waals surface area contributed by atoms with Gasteiger partial charge in [0, 0.05) is 0 Å². The van der Waals surface area contributed by atoms with Crippen LogP contribution in [0.2, 0.25) is 0 Å². The van der Waals surface area contributed by atoms with Crippen LogP contribution in [0.25, 0.3) is 0 Å². The lowest BCUT2D eigenvalue weighted by atomic mass is 9.97. The lowest BCUT2D eigenvalue weighted by molar-refractivity contribution is -0.152. The lowest BCUT2D eigenvalue weighted by Gasteiger charge is -2.22. The molecule has 2 rings (SSSR count). The van der Waals surface area contributed by atoms with Gasteiger partial charge in [-0.15, -0.1) is 0 Å². The summed E-state index contributed by atoms with van der Waals surface area (Å²) < 4.78 is 5.43. The van der Waals surface area contributed by atoms with Crippen molar-refractivity contribution >= 4 is 5.97 Å². The molecule has 14 heavy (non-hydrogen) atoms. The van der Waals surface area contributed by atoms with Crippen molar-refractivity contribution in [1.29, 1.82) is 0 Å².